The fourth-order valence-electron chi connectivity index (χ4n) is 3.56. The maximum absolute atomic E-state index is 12.2. The van der Waals surface area contributed by atoms with Crippen LogP contribution >= 0.6 is 0 Å². The highest BCUT2D eigenvalue weighted by Gasteiger charge is 2.31. The van der Waals surface area contributed by atoms with E-state index in [0.717, 1.165) is 49.8 Å². The molecule has 1 N–H and O–H groups in total. The summed E-state index contributed by atoms with van der Waals surface area (Å²) in [6.45, 7) is 2.94. The third-order valence-corrected chi connectivity index (χ3v) is 4.90. The van der Waals surface area contributed by atoms with Crippen LogP contribution in [-0.4, -0.2) is 35.3 Å². The lowest BCUT2D eigenvalue weighted by Gasteiger charge is -2.34. The summed E-state index contributed by atoms with van der Waals surface area (Å²) in [4.78, 5) is 26.1. The van der Waals surface area contributed by atoms with Crippen molar-refractivity contribution >= 4 is 11.8 Å². The average Bonchev–Trinajstić information content (AvgIpc) is 2.95. The fraction of sp³-hybridized carbons (Fsp3) is 0.556. The number of likely N-dealkylation sites (tertiary alicyclic amines) is 1. The molecular formula is C18H24N2O2. The number of nitrogens with zero attached hydrogens (tertiary/aromatic N) is 1. The molecule has 118 valence electrons. The van der Waals surface area contributed by atoms with Gasteiger partial charge in [0, 0.05) is 30.6 Å². The number of nitrogens with one attached hydrogen (secondary N) is 1. The quantitative estimate of drug-likeness (QED) is 0.933. The molecule has 2 amide bonds. The predicted molar refractivity (Wildman–Crippen MR) is 85.6 cm³/mol. The molecule has 1 heterocycles. The van der Waals surface area contributed by atoms with Crippen LogP contribution in [0.2, 0.25) is 0 Å². The molecular weight excluding hydrogens is 276 g/mol. The molecule has 0 unspecified atom stereocenters. The van der Waals surface area contributed by atoms with Crippen LogP contribution in [0.4, 0.5) is 0 Å². The first kappa shape index (κ1) is 15.1. The van der Waals surface area contributed by atoms with Crippen LogP contribution in [0.25, 0.3) is 0 Å². The first-order valence-electron chi connectivity index (χ1n) is 8.30. The van der Waals surface area contributed by atoms with E-state index >= 15 is 0 Å². The number of rotatable bonds is 3. The number of carbonyl (C=O) groups excluding carboxylic acids is 2. The Balaban J connectivity index is 1.50. The van der Waals surface area contributed by atoms with Crippen LogP contribution in [0, 0.1) is 6.92 Å². The highest BCUT2D eigenvalue weighted by molar-refractivity contribution is 5.94. The van der Waals surface area contributed by atoms with Crippen molar-refractivity contribution < 1.29 is 9.59 Å². The number of amides is 2. The van der Waals surface area contributed by atoms with Gasteiger partial charge in [-0.2, -0.15) is 0 Å². The number of benzene rings is 1. The summed E-state index contributed by atoms with van der Waals surface area (Å²) in [6, 6.07) is 8.30. The van der Waals surface area contributed by atoms with Crippen LogP contribution in [-0.2, 0) is 4.79 Å². The van der Waals surface area contributed by atoms with Crippen molar-refractivity contribution in [2.45, 2.75) is 57.5 Å². The van der Waals surface area contributed by atoms with Crippen LogP contribution in [0.15, 0.2) is 24.3 Å². The lowest BCUT2D eigenvalue weighted by atomic mass is 9.90. The zero-order valence-corrected chi connectivity index (χ0v) is 13.2. The second-order valence-electron chi connectivity index (χ2n) is 6.54. The van der Waals surface area contributed by atoms with E-state index in [1.807, 2.05) is 31.2 Å². The van der Waals surface area contributed by atoms with E-state index in [9.17, 15) is 9.59 Å². The lowest BCUT2D eigenvalue weighted by Crippen LogP contribution is -2.44. The Morgan fingerprint density at radius 1 is 1.14 bits per heavy atom. The van der Waals surface area contributed by atoms with Gasteiger partial charge in [0.05, 0.1) is 0 Å². The summed E-state index contributed by atoms with van der Waals surface area (Å²) in [5, 5.41) is 3.13. The van der Waals surface area contributed by atoms with Gasteiger partial charge in [0.1, 0.15) is 0 Å². The Morgan fingerprint density at radius 2 is 1.82 bits per heavy atom. The van der Waals surface area contributed by atoms with Crippen molar-refractivity contribution in [3.63, 3.8) is 0 Å². The predicted octanol–water partition coefficient (Wildman–Crippen LogP) is 2.66. The first-order chi connectivity index (χ1) is 10.6. The van der Waals surface area contributed by atoms with Gasteiger partial charge in [-0.3, -0.25) is 9.59 Å². The lowest BCUT2D eigenvalue weighted by molar-refractivity contribution is -0.130. The van der Waals surface area contributed by atoms with Gasteiger partial charge in [-0.05, 0) is 51.2 Å². The summed E-state index contributed by atoms with van der Waals surface area (Å²) >= 11 is 0. The standard InChI is InChI=1S/C18H24N2O2/c1-13-4-6-14(7-5-13)18(22)19-15-8-10-16(11-9-15)20-12-2-3-17(20)21/h4-7,15-16H,2-3,8-12H2,1H3,(H,19,22)/t15-,16-. The van der Waals surface area contributed by atoms with Crippen molar-refractivity contribution in [3.05, 3.63) is 35.4 Å². The Labute approximate surface area is 131 Å². The highest BCUT2D eigenvalue weighted by Crippen LogP contribution is 2.26. The van der Waals surface area contributed by atoms with Crippen LogP contribution < -0.4 is 5.32 Å². The van der Waals surface area contributed by atoms with Crippen molar-refractivity contribution in [2.75, 3.05) is 6.54 Å². The summed E-state index contributed by atoms with van der Waals surface area (Å²) in [7, 11) is 0. The van der Waals surface area contributed by atoms with Crippen LogP contribution in [0.3, 0.4) is 0 Å². The molecule has 0 bridgehead atoms. The smallest absolute Gasteiger partial charge is 0.251 e. The number of hydrogen-bond acceptors (Lipinski definition) is 2. The van der Waals surface area contributed by atoms with E-state index in [0.29, 0.717) is 18.4 Å². The van der Waals surface area contributed by atoms with Crippen molar-refractivity contribution in [1.29, 1.82) is 0 Å². The molecule has 0 atom stereocenters. The monoisotopic (exact) mass is 300 g/mol. The van der Waals surface area contributed by atoms with E-state index in [-0.39, 0.29) is 11.9 Å². The Morgan fingerprint density at radius 3 is 2.41 bits per heavy atom. The molecule has 4 nitrogen and oxygen atoms in total. The molecule has 1 aromatic carbocycles. The van der Waals surface area contributed by atoms with E-state index in [1.54, 1.807) is 0 Å². The van der Waals surface area contributed by atoms with Crippen LogP contribution in [0.5, 0.6) is 0 Å². The van der Waals surface area contributed by atoms with Gasteiger partial charge in [-0.15, -0.1) is 0 Å². The molecule has 0 aromatic heterocycles. The Bertz CT molecular complexity index is 545. The van der Waals surface area contributed by atoms with Crippen molar-refractivity contribution in [2.24, 2.45) is 0 Å². The maximum atomic E-state index is 12.2. The van der Waals surface area contributed by atoms with Gasteiger partial charge in [0.25, 0.3) is 5.91 Å². The highest BCUT2D eigenvalue weighted by atomic mass is 16.2. The largest absolute Gasteiger partial charge is 0.349 e. The number of hydrogen-bond donors (Lipinski definition) is 1. The summed E-state index contributed by atoms with van der Waals surface area (Å²) in [5.41, 5.74) is 1.88. The van der Waals surface area contributed by atoms with E-state index in [1.165, 1.54) is 0 Å². The SMILES string of the molecule is Cc1ccc(C(=O)N[C@H]2CC[C@H](N3CCCC3=O)CC2)cc1. The van der Waals surface area contributed by atoms with Gasteiger partial charge >= 0.3 is 0 Å². The molecule has 1 saturated carbocycles. The summed E-state index contributed by atoms with van der Waals surface area (Å²) < 4.78 is 0. The average molecular weight is 300 g/mol. The zero-order chi connectivity index (χ0) is 15.5. The fourth-order valence-corrected chi connectivity index (χ4v) is 3.56. The minimum atomic E-state index is 0.0145. The molecule has 3 rings (SSSR count). The molecule has 1 aliphatic heterocycles. The Hall–Kier alpha value is -1.84. The molecule has 4 heteroatoms. The van der Waals surface area contributed by atoms with E-state index < -0.39 is 0 Å². The topological polar surface area (TPSA) is 49.4 Å². The van der Waals surface area contributed by atoms with Gasteiger partial charge in [0.2, 0.25) is 5.91 Å². The van der Waals surface area contributed by atoms with Crippen molar-refractivity contribution in [1.82, 2.24) is 10.2 Å². The van der Waals surface area contributed by atoms with Crippen LogP contribution in [0.1, 0.15) is 54.4 Å². The Kier molecular flexibility index (Phi) is 4.46. The molecule has 1 aromatic rings. The molecule has 2 fully saturated rings. The molecule has 0 radical (unpaired) electrons. The zero-order valence-electron chi connectivity index (χ0n) is 13.2. The number of carbonyl (C=O) groups is 2. The minimum absolute atomic E-state index is 0.0145. The molecule has 1 aliphatic carbocycles. The third kappa shape index (κ3) is 3.32. The van der Waals surface area contributed by atoms with E-state index in [2.05, 4.69) is 10.2 Å². The summed E-state index contributed by atoms with van der Waals surface area (Å²) in [6.07, 6.45) is 5.65. The second kappa shape index (κ2) is 6.51. The minimum Gasteiger partial charge on any atom is -0.349 e. The van der Waals surface area contributed by atoms with Gasteiger partial charge in [0.15, 0.2) is 0 Å². The number of aryl methyl sites for hydroxylation is 1. The first-order valence-corrected chi connectivity index (χ1v) is 8.30. The van der Waals surface area contributed by atoms with Gasteiger partial charge in [-0.1, -0.05) is 17.7 Å². The van der Waals surface area contributed by atoms with Gasteiger partial charge in [-0.25, -0.2) is 0 Å². The van der Waals surface area contributed by atoms with Gasteiger partial charge < -0.3 is 10.2 Å². The third-order valence-electron chi connectivity index (χ3n) is 4.90. The molecule has 0 spiro atoms. The van der Waals surface area contributed by atoms with E-state index in [4.69, 9.17) is 0 Å². The molecule has 2 aliphatic rings. The summed E-state index contributed by atoms with van der Waals surface area (Å²) in [5.74, 6) is 0.327. The molecule has 22 heavy (non-hydrogen) atoms. The normalized spacial score (nSPS) is 25.3. The maximum Gasteiger partial charge on any atom is 0.251 e. The second-order valence-corrected chi connectivity index (χ2v) is 6.54. The molecule has 1 saturated heterocycles. The van der Waals surface area contributed by atoms with Crippen molar-refractivity contribution in [3.8, 4) is 0 Å².